The molecule has 4 N–H and O–H groups in total. The minimum absolute atomic E-state index is 0.00560. The van der Waals surface area contributed by atoms with E-state index in [1.807, 2.05) is 0 Å². The molecule has 0 radical (unpaired) electrons. The van der Waals surface area contributed by atoms with Crippen molar-refractivity contribution in [3.8, 4) is 0 Å². The molecule has 0 saturated carbocycles. The Hall–Kier alpha value is -1.32. The lowest BCUT2D eigenvalue weighted by molar-refractivity contribution is 0.0152. The van der Waals surface area contributed by atoms with Gasteiger partial charge >= 0.3 is 13.3 Å². The van der Waals surface area contributed by atoms with Gasteiger partial charge in [0.2, 0.25) is 0 Å². The molecular weight excluding hydrogens is 296 g/mol. The average molecular weight is 309 g/mol. The molecule has 0 bridgehead atoms. The van der Waals surface area contributed by atoms with E-state index in [-0.39, 0.29) is 12.4 Å². The Kier molecular flexibility index (Phi) is 4.21. The van der Waals surface area contributed by atoms with Gasteiger partial charge in [0.05, 0.1) is 6.61 Å². The average Bonchev–Trinajstić information content (AvgIpc) is 2.67. The van der Waals surface area contributed by atoms with E-state index in [1.165, 1.54) is 12.3 Å². The second kappa shape index (κ2) is 5.58. The molecule has 1 aromatic rings. The smallest absolute Gasteiger partial charge is 0.351 e. The maximum Gasteiger partial charge on any atom is 0.351 e. The Morgan fingerprint density at radius 2 is 2.35 bits per heavy atom. The number of aromatic nitrogens is 2. The molecule has 1 aromatic heterocycles. The fourth-order valence-corrected chi connectivity index (χ4v) is 2.13. The zero-order valence-corrected chi connectivity index (χ0v) is 11.0. The van der Waals surface area contributed by atoms with E-state index < -0.39 is 38.1 Å². The van der Waals surface area contributed by atoms with Crippen LogP contribution in [0.2, 0.25) is 0 Å². The van der Waals surface area contributed by atoms with Crippen molar-refractivity contribution in [2.45, 2.75) is 18.5 Å². The van der Waals surface area contributed by atoms with Gasteiger partial charge in [0.1, 0.15) is 18.3 Å². The zero-order valence-electron chi connectivity index (χ0n) is 10.1. The van der Waals surface area contributed by atoms with Crippen LogP contribution < -0.4 is 11.4 Å². The molecule has 0 amide bonds. The Morgan fingerprint density at radius 3 is 2.95 bits per heavy atom. The van der Waals surface area contributed by atoms with Crippen molar-refractivity contribution < 1.29 is 28.2 Å². The number of nitrogen functional groups attached to an aromatic ring is 1. The summed E-state index contributed by atoms with van der Waals surface area (Å²) in [5, 5.41) is 0. The highest BCUT2D eigenvalue weighted by atomic mass is 31.2. The van der Waals surface area contributed by atoms with Gasteiger partial charge < -0.3 is 25.0 Å². The first-order valence-electron chi connectivity index (χ1n) is 5.54. The van der Waals surface area contributed by atoms with Crippen LogP contribution in [0.4, 0.5) is 10.2 Å². The van der Waals surface area contributed by atoms with Gasteiger partial charge in [-0.25, -0.2) is 9.18 Å². The van der Waals surface area contributed by atoms with Gasteiger partial charge in [0.25, 0.3) is 0 Å². The molecule has 1 fully saturated rings. The summed E-state index contributed by atoms with van der Waals surface area (Å²) in [7, 11) is -4.39. The summed E-state index contributed by atoms with van der Waals surface area (Å²) in [6, 6.07) is 1.31. The molecule has 11 heteroatoms. The molecule has 0 aromatic carbocycles. The van der Waals surface area contributed by atoms with Crippen LogP contribution in [0, 0.1) is 0 Å². The predicted molar refractivity (Wildman–Crippen MR) is 64.6 cm³/mol. The Labute approximate surface area is 112 Å². The van der Waals surface area contributed by atoms with Crippen LogP contribution in [0.15, 0.2) is 17.1 Å². The molecule has 2 rings (SSSR count). The molecule has 9 nitrogen and oxygen atoms in total. The number of nitrogens with two attached hydrogens (primary N) is 1. The first-order valence-corrected chi connectivity index (χ1v) is 7.34. The summed E-state index contributed by atoms with van der Waals surface area (Å²) in [6.45, 7) is -0.233. The van der Waals surface area contributed by atoms with E-state index in [0.29, 0.717) is 0 Å². The van der Waals surface area contributed by atoms with E-state index in [0.717, 1.165) is 4.57 Å². The molecule has 2 heterocycles. The van der Waals surface area contributed by atoms with Crippen LogP contribution >= 0.6 is 7.60 Å². The second-order valence-corrected chi connectivity index (χ2v) is 5.80. The molecule has 0 aliphatic carbocycles. The van der Waals surface area contributed by atoms with Gasteiger partial charge in [0, 0.05) is 6.20 Å². The third-order valence-corrected chi connectivity index (χ3v) is 3.13. The number of hydrogen-bond donors (Lipinski definition) is 3. The quantitative estimate of drug-likeness (QED) is 0.616. The summed E-state index contributed by atoms with van der Waals surface area (Å²) in [4.78, 5) is 32.3. The van der Waals surface area contributed by atoms with Crippen molar-refractivity contribution in [1.82, 2.24) is 9.55 Å². The normalized spacial score (nSPS) is 26.9. The highest BCUT2D eigenvalue weighted by Crippen LogP contribution is 2.36. The summed E-state index contributed by atoms with van der Waals surface area (Å²) in [6.07, 6.45) is -3.88. The lowest BCUT2D eigenvalue weighted by Crippen LogP contribution is -2.33. The van der Waals surface area contributed by atoms with Crippen LogP contribution in [-0.2, 0) is 14.0 Å². The molecule has 3 atom stereocenters. The number of alkyl halides is 1. The fourth-order valence-electron chi connectivity index (χ4n) is 1.75. The van der Waals surface area contributed by atoms with Gasteiger partial charge in [0.15, 0.2) is 12.4 Å². The highest BCUT2D eigenvalue weighted by Gasteiger charge is 2.41. The van der Waals surface area contributed by atoms with Crippen molar-refractivity contribution in [3.05, 3.63) is 22.7 Å². The topological polar surface area (TPSA) is 137 Å². The van der Waals surface area contributed by atoms with Crippen LogP contribution in [0.1, 0.15) is 6.23 Å². The van der Waals surface area contributed by atoms with E-state index >= 15 is 0 Å². The van der Waals surface area contributed by atoms with Crippen LogP contribution in [0.5, 0.6) is 0 Å². The first kappa shape index (κ1) is 15.1. The molecule has 0 spiro atoms. The van der Waals surface area contributed by atoms with E-state index in [1.54, 1.807) is 0 Å². The highest BCUT2D eigenvalue weighted by molar-refractivity contribution is 7.51. The minimum Gasteiger partial charge on any atom is -0.383 e. The van der Waals surface area contributed by atoms with E-state index in [4.69, 9.17) is 25.0 Å². The zero-order chi connectivity index (χ0) is 14.9. The molecule has 0 unspecified atom stereocenters. The third kappa shape index (κ3) is 3.41. The lowest BCUT2D eigenvalue weighted by Gasteiger charge is -2.17. The standard InChI is InChI=1S/C9H13FN3O6P/c10-7-5(19-4-20(15,16)17)3-18-8(7)13-2-1-6(11)12-9(13)14/h1-2,5,7-8H,3-4H2,(H2,11,12,14)(H2,15,16,17)/t5-,7+,8+/m0/s1. The first-order chi connectivity index (χ1) is 9.28. The fraction of sp³-hybridized carbons (Fsp3) is 0.556. The van der Waals surface area contributed by atoms with Crippen LogP contribution in [0.3, 0.4) is 0 Å². The van der Waals surface area contributed by atoms with Crippen LogP contribution in [-0.4, -0.2) is 44.6 Å². The number of rotatable bonds is 4. The minimum atomic E-state index is -4.39. The lowest BCUT2D eigenvalue weighted by atomic mass is 10.2. The number of ether oxygens (including phenoxy) is 2. The number of anilines is 1. The van der Waals surface area contributed by atoms with Gasteiger partial charge in [-0.1, -0.05) is 0 Å². The van der Waals surface area contributed by atoms with Gasteiger partial charge in [-0.3, -0.25) is 9.13 Å². The summed E-state index contributed by atoms with van der Waals surface area (Å²) in [5.41, 5.74) is 4.53. The predicted octanol–water partition coefficient (Wildman–Crippen LogP) is -0.787. The molecule has 20 heavy (non-hydrogen) atoms. The van der Waals surface area contributed by atoms with Crippen molar-refractivity contribution in [2.75, 3.05) is 18.7 Å². The van der Waals surface area contributed by atoms with Gasteiger partial charge in [-0.05, 0) is 6.07 Å². The van der Waals surface area contributed by atoms with E-state index in [2.05, 4.69) is 4.98 Å². The van der Waals surface area contributed by atoms with Gasteiger partial charge in [-0.15, -0.1) is 0 Å². The maximum atomic E-state index is 14.1. The summed E-state index contributed by atoms with van der Waals surface area (Å²) < 4.78 is 35.5. The Morgan fingerprint density at radius 1 is 1.65 bits per heavy atom. The molecule has 1 saturated heterocycles. The van der Waals surface area contributed by atoms with E-state index in [9.17, 15) is 13.8 Å². The van der Waals surface area contributed by atoms with Crippen LogP contribution in [0.25, 0.3) is 0 Å². The largest absolute Gasteiger partial charge is 0.383 e. The molecule has 112 valence electrons. The second-order valence-electron chi connectivity index (χ2n) is 4.21. The Bertz CT molecular complexity index is 589. The molecule has 1 aliphatic rings. The van der Waals surface area contributed by atoms with Crippen molar-refractivity contribution in [3.63, 3.8) is 0 Å². The van der Waals surface area contributed by atoms with Crippen molar-refractivity contribution in [1.29, 1.82) is 0 Å². The van der Waals surface area contributed by atoms with Crippen molar-refractivity contribution in [2.24, 2.45) is 0 Å². The van der Waals surface area contributed by atoms with Crippen molar-refractivity contribution >= 4 is 13.4 Å². The molecular formula is C9H13FN3O6P. The maximum absolute atomic E-state index is 14.1. The monoisotopic (exact) mass is 309 g/mol. The SMILES string of the molecule is Nc1ccn([C@@H]2OC[C@H](OCP(=O)(O)O)[C@H]2F)c(=O)n1. The third-order valence-electron chi connectivity index (χ3n) is 2.64. The Balaban J connectivity index is 2.09. The number of hydrogen-bond acceptors (Lipinski definition) is 6. The summed E-state index contributed by atoms with van der Waals surface area (Å²) >= 11 is 0. The summed E-state index contributed by atoms with van der Waals surface area (Å²) in [5.74, 6) is -0.00560. The van der Waals surface area contributed by atoms with Gasteiger partial charge in [-0.2, -0.15) is 4.98 Å². The number of halogens is 1. The number of nitrogens with zero attached hydrogens (tertiary/aromatic N) is 2. The molecule has 1 aliphatic heterocycles.